The Balaban J connectivity index is 3.25. The van der Waals surface area contributed by atoms with Crippen molar-refractivity contribution in [2.45, 2.75) is 6.42 Å². The van der Waals surface area contributed by atoms with Crippen LogP contribution in [0.5, 0.6) is 0 Å². The van der Waals surface area contributed by atoms with E-state index < -0.39 is 23.3 Å². The molecule has 90 valence electrons. The Morgan fingerprint density at radius 3 is 2.59 bits per heavy atom. The fourth-order valence-electron chi connectivity index (χ4n) is 1.30. The molecule has 0 spiro atoms. The highest BCUT2D eigenvalue weighted by Gasteiger charge is 2.18. The number of carboxylic acid groups (broad SMARTS) is 1. The fraction of sp³-hybridized carbons (Fsp3) is 0.200. The highest BCUT2D eigenvalue weighted by molar-refractivity contribution is 5.93. The van der Waals surface area contributed by atoms with Crippen molar-refractivity contribution in [2.24, 2.45) is 0 Å². The van der Waals surface area contributed by atoms with E-state index in [4.69, 9.17) is 5.11 Å². The summed E-state index contributed by atoms with van der Waals surface area (Å²) in [7, 11) is 1.12. The molecule has 0 saturated heterocycles. The Bertz CT molecular complexity index is 482. The van der Waals surface area contributed by atoms with Crippen LogP contribution in [-0.4, -0.2) is 29.1 Å². The minimum Gasteiger partial charge on any atom is -0.481 e. The van der Waals surface area contributed by atoms with E-state index >= 15 is 0 Å². The predicted octanol–water partition coefficient (Wildman–Crippen LogP) is 1.01. The normalized spacial score (nSPS) is 9.71. The van der Waals surface area contributed by atoms with Crippen molar-refractivity contribution in [3.63, 3.8) is 0 Å². The van der Waals surface area contributed by atoms with Gasteiger partial charge in [0.25, 0.3) is 5.69 Å². The number of nitro groups is 1. The molecule has 17 heavy (non-hydrogen) atoms. The zero-order valence-corrected chi connectivity index (χ0v) is 8.87. The zero-order chi connectivity index (χ0) is 13.0. The van der Waals surface area contributed by atoms with Crippen LogP contribution < -0.4 is 0 Å². The summed E-state index contributed by atoms with van der Waals surface area (Å²) < 4.78 is 4.44. The van der Waals surface area contributed by atoms with E-state index in [0.717, 1.165) is 19.2 Å². The van der Waals surface area contributed by atoms with E-state index in [1.54, 1.807) is 0 Å². The summed E-state index contributed by atoms with van der Waals surface area (Å²) >= 11 is 0. The lowest BCUT2D eigenvalue weighted by Gasteiger charge is -2.05. The van der Waals surface area contributed by atoms with Gasteiger partial charge in [-0.1, -0.05) is 6.07 Å². The molecule has 0 aliphatic rings. The van der Waals surface area contributed by atoms with Gasteiger partial charge in [0, 0.05) is 12.1 Å². The molecule has 0 aliphatic heterocycles. The Labute approximate surface area is 95.8 Å². The summed E-state index contributed by atoms with van der Waals surface area (Å²) in [4.78, 5) is 31.8. The zero-order valence-electron chi connectivity index (χ0n) is 8.87. The summed E-state index contributed by atoms with van der Waals surface area (Å²) in [5.74, 6) is -1.94. The van der Waals surface area contributed by atoms with E-state index in [-0.39, 0.29) is 16.8 Å². The monoisotopic (exact) mass is 239 g/mol. The average Bonchev–Trinajstić information content (AvgIpc) is 2.27. The first-order chi connectivity index (χ1) is 7.95. The molecule has 0 aliphatic carbocycles. The van der Waals surface area contributed by atoms with Gasteiger partial charge in [0.05, 0.1) is 24.0 Å². The van der Waals surface area contributed by atoms with Crippen LogP contribution in [0.3, 0.4) is 0 Å². The fourth-order valence-corrected chi connectivity index (χ4v) is 1.30. The molecule has 0 aromatic heterocycles. The van der Waals surface area contributed by atoms with Gasteiger partial charge < -0.3 is 9.84 Å². The largest absolute Gasteiger partial charge is 0.481 e. The summed E-state index contributed by atoms with van der Waals surface area (Å²) in [5, 5.41) is 19.2. The van der Waals surface area contributed by atoms with E-state index in [0.29, 0.717) is 0 Å². The minimum absolute atomic E-state index is 0.107. The van der Waals surface area contributed by atoms with Gasteiger partial charge in [0.2, 0.25) is 0 Å². The third kappa shape index (κ3) is 3.00. The molecule has 0 unspecified atom stereocenters. The molecule has 0 saturated carbocycles. The summed E-state index contributed by atoms with van der Waals surface area (Å²) in [6.07, 6.45) is -0.400. The van der Waals surface area contributed by atoms with Gasteiger partial charge in [-0.25, -0.2) is 4.79 Å². The van der Waals surface area contributed by atoms with Crippen LogP contribution in [0, 0.1) is 10.1 Å². The second kappa shape index (κ2) is 5.06. The van der Waals surface area contributed by atoms with Crippen LogP contribution in [0.4, 0.5) is 5.69 Å². The van der Waals surface area contributed by atoms with Crippen molar-refractivity contribution in [1.29, 1.82) is 0 Å². The number of non-ortho nitro benzene ring substituents is 1. The van der Waals surface area contributed by atoms with E-state index in [1.165, 1.54) is 6.07 Å². The SMILES string of the molecule is COC(=O)c1cc([N+](=O)[O-])ccc1CC(=O)O. The maximum absolute atomic E-state index is 11.4. The number of rotatable bonds is 4. The molecule has 0 fully saturated rings. The number of methoxy groups -OCH3 is 1. The molecule has 0 atom stereocenters. The number of carboxylic acids is 1. The second-order valence-electron chi connectivity index (χ2n) is 3.16. The summed E-state index contributed by atoms with van der Waals surface area (Å²) in [6.45, 7) is 0. The van der Waals surface area contributed by atoms with E-state index in [9.17, 15) is 19.7 Å². The number of carbonyl (C=O) groups excluding carboxylic acids is 1. The molecular formula is C10H9NO6. The molecule has 7 heteroatoms. The number of aliphatic carboxylic acids is 1. The number of benzene rings is 1. The van der Waals surface area contributed by atoms with Crippen molar-refractivity contribution in [2.75, 3.05) is 7.11 Å². The van der Waals surface area contributed by atoms with Gasteiger partial charge in [-0.3, -0.25) is 14.9 Å². The number of hydrogen-bond donors (Lipinski definition) is 1. The first-order valence-corrected chi connectivity index (χ1v) is 4.53. The summed E-state index contributed by atoms with van der Waals surface area (Å²) in [6, 6.07) is 3.38. The van der Waals surface area contributed by atoms with Crippen molar-refractivity contribution in [1.82, 2.24) is 0 Å². The van der Waals surface area contributed by atoms with Gasteiger partial charge in [-0.15, -0.1) is 0 Å². The molecule has 1 aromatic carbocycles. The third-order valence-electron chi connectivity index (χ3n) is 2.05. The maximum Gasteiger partial charge on any atom is 0.338 e. The molecule has 0 amide bonds. The Hall–Kier alpha value is -2.44. The van der Waals surface area contributed by atoms with Crippen molar-refractivity contribution in [3.8, 4) is 0 Å². The standard InChI is InChI=1S/C10H9NO6/c1-17-10(14)8-5-7(11(15)16)3-2-6(8)4-9(12)13/h2-3,5H,4H2,1H3,(H,12,13). The van der Waals surface area contributed by atoms with Crippen LogP contribution in [0.1, 0.15) is 15.9 Å². The maximum atomic E-state index is 11.4. The molecule has 0 radical (unpaired) electrons. The molecule has 1 N–H and O–H groups in total. The molecule has 7 nitrogen and oxygen atoms in total. The number of ether oxygens (including phenoxy) is 1. The van der Waals surface area contributed by atoms with Crippen LogP contribution in [0.2, 0.25) is 0 Å². The van der Waals surface area contributed by atoms with E-state index in [2.05, 4.69) is 4.74 Å². The first-order valence-electron chi connectivity index (χ1n) is 4.53. The minimum atomic E-state index is -1.14. The lowest BCUT2D eigenvalue weighted by atomic mass is 10.0. The Kier molecular flexibility index (Phi) is 3.76. The van der Waals surface area contributed by atoms with Gasteiger partial charge in [0.1, 0.15) is 0 Å². The number of hydrogen-bond acceptors (Lipinski definition) is 5. The quantitative estimate of drug-likeness (QED) is 0.477. The van der Waals surface area contributed by atoms with Gasteiger partial charge in [0.15, 0.2) is 0 Å². The second-order valence-corrected chi connectivity index (χ2v) is 3.16. The van der Waals surface area contributed by atoms with Gasteiger partial charge in [-0.2, -0.15) is 0 Å². The van der Waals surface area contributed by atoms with Gasteiger partial charge in [-0.05, 0) is 5.56 Å². The Morgan fingerprint density at radius 2 is 2.12 bits per heavy atom. The molecule has 0 heterocycles. The number of nitrogens with zero attached hydrogens (tertiary/aromatic N) is 1. The van der Waals surface area contributed by atoms with Gasteiger partial charge >= 0.3 is 11.9 Å². The number of nitro benzene ring substituents is 1. The smallest absolute Gasteiger partial charge is 0.338 e. The number of carbonyl (C=O) groups is 2. The predicted molar refractivity (Wildman–Crippen MR) is 55.8 cm³/mol. The van der Waals surface area contributed by atoms with Crippen LogP contribution in [-0.2, 0) is 16.0 Å². The van der Waals surface area contributed by atoms with Crippen molar-refractivity contribution >= 4 is 17.6 Å². The molecular weight excluding hydrogens is 230 g/mol. The van der Waals surface area contributed by atoms with Crippen LogP contribution in [0.25, 0.3) is 0 Å². The lowest BCUT2D eigenvalue weighted by molar-refractivity contribution is -0.384. The van der Waals surface area contributed by atoms with E-state index in [1.807, 2.05) is 0 Å². The first kappa shape index (κ1) is 12.6. The topological polar surface area (TPSA) is 107 Å². The van der Waals surface area contributed by atoms with Crippen molar-refractivity contribution < 1.29 is 24.4 Å². The number of esters is 1. The van der Waals surface area contributed by atoms with Crippen LogP contribution in [0.15, 0.2) is 18.2 Å². The highest BCUT2D eigenvalue weighted by Crippen LogP contribution is 2.19. The highest BCUT2D eigenvalue weighted by atomic mass is 16.6. The Morgan fingerprint density at radius 1 is 1.47 bits per heavy atom. The molecule has 1 rings (SSSR count). The third-order valence-corrected chi connectivity index (χ3v) is 2.05. The average molecular weight is 239 g/mol. The van der Waals surface area contributed by atoms with Crippen LogP contribution >= 0.6 is 0 Å². The molecule has 1 aromatic rings. The molecule has 0 bridgehead atoms. The van der Waals surface area contributed by atoms with Crippen molar-refractivity contribution in [3.05, 3.63) is 39.4 Å². The summed E-state index contributed by atoms with van der Waals surface area (Å²) in [5.41, 5.74) is -0.224. The lowest BCUT2D eigenvalue weighted by Crippen LogP contribution is -2.10.